The normalized spacial score (nSPS) is 10.3. The molecule has 0 radical (unpaired) electrons. The first-order valence-electron chi connectivity index (χ1n) is 4.49. The molecule has 15 heavy (non-hydrogen) atoms. The van der Waals surface area contributed by atoms with Crippen molar-refractivity contribution in [1.29, 1.82) is 0 Å². The van der Waals surface area contributed by atoms with Gasteiger partial charge in [-0.25, -0.2) is 9.97 Å². The molecule has 0 fully saturated rings. The minimum absolute atomic E-state index is 0.505. The maximum Gasteiger partial charge on any atom is 0.152 e. The summed E-state index contributed by atoms with van der Waals surface area (Å²) in [6, 6.07) is 1.93. The number of aromatic nitrogens is 2. The van der Waals surface area contributed by atoms with Gasteiger partial charge < -0.3 is 5.32 Å². The predicted octanol–water partition coefficient (Wildman–Crippen LogP) is 3.11. The van der Waals surface area contributed by atoms with Gasteiger partial charge in [0.15, 0.2) is 5.15 Å². The van der Waals surface area contributed by atoms with Gasteiger partial charge in [-0.3, -0.25) is 0 Å². The van der Waals surface area contributed by atoms with Crippen LogP contribution in [0.5, 0.6) is 0 Å². The Morgan fingerprint density at radius 2 is 2.33 bits per heavy atom. The number of pyridine rings is 1. The van der Waals surface area contributed by atoms with Crippen LogP contribution in [-0.2, 0) is 6.54 Å². The quantitative estimate of drug-likeness (QED) is 0.837. The van der Waals surface area contributed by atoms with Crippen LogP contribution >= 0.6 is 22.9 Å². The molecule has 2 heterocycles. The Morgan fingerprint density at radius 1 is 1.47 bits per heavy atom. The van der Waals surface area contributed by atoms with Gasteiger partial charge in [-0.15, -0.1) is 11.3 Å². The van der Waals surface area contributed by atoms with Gasteiger partial charge in [0.25, 0.3) is 0 Å². The third-order valence-electron chi connectivity index (χ3n) is 2.04. The lowest BCUT2D eigenvalue weighted by atomic mass is 10.2. The van der Waals surface area contributed by atoms with Gasteiger partial charge in [0.1, 0.15) is 0 Å². The van der Waals surface area contributed by atoms with Crippen molar-refractivity contribution in [2.75, 3.05) is 5.32 Å². The number of anilines is 1. The summed E-state index contributed by atoms with van der Waals surface area (Å²) in [7, 11) is 0. The van der Waals surface area contributed by atoms with E-state index in [0.29, 0.717) is 11.7 Å². The summed E-state index contributed by atoms with van der Waals surface area (Å²) < 4.78 is 0. The van der Waals surface area contributed by atoms with Gasteiger partial charge in [0, 0.05) is 11.6 Å². The number of nitrogens with one attached hydrogen (secondary N) is 1. The van der Waals surface area contributed by atoms with Crippen molar-refractivity contribution >= 4 is 28.6 Å². The first-order valence-corrected chi connectivity index (χ1v) is 5.81. The largest absolute Gasteiger partial charge is 0.377 e. The molecule has 0 spiro atoms. The first kappa shape index (κ1) is 10.4. The van der Waals surface area contributed by atoms with E-state index in [-0.39, 0.29) is 0 Å². The molecule has 1 N–H and O–H groups in total. The van der Waals surface area contributed by atoms with Crippen molar-refractivity contribution in [3.63, 3.8) is 0 Å². The van der Waals surface area contributed by atoms with Crippen LogP contribution in [0.2, 0.25) is 5.15 Å². The minimum Gasteiger partial charge on any atom is -0.377 e. The van der Waals surface area contributed by atoms with E-state index in [9.17, 15) is 0 Å². The van der Waals surface area contributed by atoms with Crippen LogP contribution in [0.15, 0.2) is 23.2 Å². The zero-order valence-corrected chi connectivity index (χ0v) is 9.77. The van der Waals surface area contributed by atoms with Crippen molar-refractivity contribution in [2.45, 2.75) is 13.5 Å². The Balaban J connectivity index is 2.11. The van der Waals surface area contributed by atoms with Crippen LogP contribution in [0.4, 0.5) is 5.69 Å². The number of hydrogen-bond donors (Lipinski definition) is 1. The lowest BCUT2D eigenvalue weighted by Crippen LogP contribution is -2.02. The number of thiazole rings is 1. The molecule has 0 saturated heterocycles. The monoisotopic (exact) mass is 239 g/mol. The average Bonchev–Trinajstić information content (AvgIpc) is 2.70. The maximum atomic E-state index is 5.98. The highest BCUT2D eigenvalue weighted by Crippen LogP contribution is 2.23. The smallest absolute Gasteiger partial charge is 0.152 e. The standard InChI is InChI=1S/C10H10ClN3S/c1-7-2-3-12-10(11)9(7)13-4-8-5-15-6-14-8/h2-3,5-6,13H,4H2,1H3. The van der Waals surface area contributed by atoms with Gasteiger partial charge in [0.2, 0.25) is 0 Å². The number of hydrogen-bond acceptors (Lipinski definition) is 4. The molecule has 2 aromatic rings. The van der Waals surface area contributed by atoms with E-state index < -0.39 is 0 Å². The molecule has 0 amide bonds. The molecule has 0 atom stereocenters. The molecule has 0 aliphatic carbocycles. The fourth-order valence-corrected chi connectivity index (χ4v) is 2.07. The zero-order valence-electron chi connectivity index (χ0n) is 8.20. The highest BCUT2D eigenvalue weighted by Gasteiger charge is 2.04. The maximum absolute atomic E-state index is 5.98. The number of rotatable bonds is 3. The second-order valence-electron chi connectivity index (χ2n) is 3.13. The molecule has 2 aromatic heterocycles. The van der Waals surface area contributed by atoms with Gasteiger partial charge in [-0.05, 0) is 18.6 Å². The summed E-state index contributed by atoms with van der Waals surface area (Å²) in [5.41, 5.74) is 4.80. The summed E-state index contributed by atoms with van der Waals surface area (Å²) >= 11 is 7.56. The molecule has 78 valence electrons. The first-order chi connectivity index (χ1) is 7.27. The van der Waals surface area contributed by atoms with Gasteiger partial charge in [-0.1, -0.05) is 11.6 Å². The van der Waals surface area contributed by atoms with Crippen LogP contribution in [-0.4, -0.2) is 9.97 Å². The van der Waals surface area contributed by atoms with Gasteiger partial charge in [-0.2, -0.15) is 0 Å². The zero-order chi connectivity index (χ0) is 10.7. The number of halogens is 1. The average molecular weight is 240 g/mol. The lowest BCUT2D eigenvalue weighted by molar-refractivity contribution is 1.06. The van der Waals surface area contributed by atoms with Crippen molar-refractivity contribution in [3.05, 3.63) is 39.6 Å². The second-order valence-corrected chi connectivity index (χ2v) is 4.20. The van der Waals surface area contributed by atoms with Crippen molar-refractivity contribution in [1.82, 2.24) is 9.97 Å². The van der Waals surface area contributed by atoms with Crippen LogP contribution in [0.1, 0.15) is 11.3 Å². The van der Waals surface area contributed by atoms with Crippen molar-refractivity contribution in [3.8, 4) is 0 Å². The van der Waals surface area contributed by atoms with E-state index in [0.717, 1.165) is 16.9 Å². The number of nitrogens with zero attached hydrogens (tertiary/aromatic N) is 2. The summed E-state index contributed by atoms with van der Waals surface area (Å²) in [6.45, 7) is 2.67. The Morgan fingerprint density at radius 3 is 3.00 bits per heavy atom. The van der Waals surface area contributed by atoms with Crippen LogP contribution < -0.4 is 5.32 Å². The lowest BCUT2D eigenvalue weighted by Gasteiger charge is -2.08. The summed E-state index contributed by atoms with van der Waals surface area (Å²) in [5.74, 6) is 0. The Kier molecular flexibility index (Phi) is 3.18. The Hall–Kier alpha value is -1.13. The van der Waals surface area contributed by atoms with Gasteiger partial charge in [0.05, 0.1) is 23.4 Å². The number of aryl methyl sites for hydroxylation is 1. The highest BCUT2D eigenvalue weighted by atomic mass is 35.5. The third kappa shape index (κ3) is 2.46. The van der Waals surface area contributed by atoms with E-state index in [2.05, 4.69) is 15.3 Å². The van der Waals surface area contributed by atoms with Gasteiger partial charge >= 0.3 is 0 Å². The summed E-state index contributed by atoms with van der Waals surface area (Å²) in [5, 5.41) is 5.74. The van der Waals surface area contributed by atoms with Crippen molar-refractivity contribution in [2.24, 2.45) is 0 Å². The molecular formula is C10H10ClN3S. The minimum atomic E-state index is 0.505. The van der Waals surface area contributed by atoms with Crippen LogP contribution in [0, 0.1) is 6.92 Å². The molecule has 3 nitrogen and oxygen atoms in total. The van der Waals surface area contributed by atoms with Crippen LogP contribution in [0.3, 0.4) is 0 Å². The highest BCUT2D eigenvalue weighted by molar-refractivity contribution is 7.07. The molecule has 5 heteroatoms. The molecule has 0 aromatic carbocycles. The van der Waals surface area contributed by atoms with E-state index >= 15 is 0 Å². The van der Waals surface area contributed by atoms with E-state index in [1.54, 1.807) is 17.5 Å². The fourth-order valence-electron chi connectivity index (χ4n) is 1.24. The predicted molar refractivity (Wildman–Crippen MR) is 63.4 cm³/mol. The molecule has 2 rings (SSSR count). The third-order valence-corrected chi connectivity index (χ3v) is 2.96. The Bertz CT molecular complexity index is 422. The molecule has 0 bridgehead atoms. The van der Waals surface area contributed by atoms with Crippen LogP contribution in [0.25, 0.3) is 0 Å². The molecule has 0 saturated carbocycles. The topological polar surface area (TPSA) is 37.8 Å². The fraction of sp³-hybridized carbons (Fsp3) is 0.200. The van der Waals surface area contributed by atoms with Crippen molar-refractivity contribution < 1.29 is 0 Å². The van der Waals surface area contributed by atoms with E-state index in [1.807, 2.05) is 23.9 Å². The Labute approximate surface area is 97.2 Å². The molecule has 0 aliphatic rings. The second kappa shape index (κ2) is 4.59. The summed E-state index contributed by atoms with van der Waals surface area (Å²) in [6.07, 6.45) is 1.70. The van der Waals surface area contributed by atoms with E-state index in [4.69, 9.17) is 11.6 Å². The molecule has 0 aliphatic heterocycles. The molecular weight excluding hydrogens is 230 g/mol. The molecule has 0 unspecified atom stereocenters. The SMILES string of the molecule is Cc1ccnc(Cl)c1NCc1cscn1. The van der Waals surface area contributed by atoms with E-state index in [1.165, 1.54) is 0 Å². The summed E-state index contributed by atoms with van der Waals surface area (Å²) in [4.78, 5) is 8.21.